The lowest BCUT2D eigenvalue weighted by Crippen LogP contribution is -2.11. The van der Waals surface area contributed by atoms with Gasteiger partial charge in [0.2, 0.25) is 0 Å². The van der Waals surface area contributed by atoms with Crippen molar-refractivity contribution in [2.24, 2.45) is 0 Å². The molecule has 0 aliphatic heterocycles. The third-order valence-electron chi connectivity index (χ3n) is 3.46. The van der Waals surface area contributed by atoms with Gasteiger partial charge in [-0.3, -0.25) is 14.7 Å². The summed E-state index contributed by atoms with van der Waals surface area (Å²) in [4.78, 5) is 14.7. The molecule has 0 atom stereocenters. The molecule has 0 bridgehead atoms. The van der Waals surface area contributed by atoms with Gasteiger partial charge in [-0.15, -0.1) is 0 Å². The Morgan fingerprint density at radius 3 is 2.25 bits per heavy atom. The van der Waals surface area contributed by atoms with Gasteiger partial charge in [-0.25, -0.2) is 4.98 Å². The molecular weight excluding hydrogens is 347 g/mol. The van der Waals surface area contributed by atoms with E-state index in [9.17, 15) is 23.3 Å². The van der Waals surface area contributed by atoms with E-state index in [1.54, 1.807) is 13.1 Å². The quantitative estimate of drug-likeness (QED) is 0.555. The highest BCUT2D eigenvalue weighted by atomic mass is 35.5. The fraction of sp³-hybridized carbons (Fsp3) is 0.400. The molecule has 0 unspecified atom stereocenters. The molecule has 2 aromatic rings. The molecule has 24 heavy (non-hydrogen) atoms. The number of halogens is 4. The molecule has 2 rings (SSSR count). The Morgan fingerprint density at radius 1 is 1.25 bits per heavy atom. The van der Waals surface area contributed by atoms with Crippen LogP contribution in [0.15, 0.2) is 18.3 Å². The van der Waals surface area contributed by atoms with Gasteiger partial charge in [0.1, 0.15) is 11.5 Å². The lowest BCUT2D eigenvalue weighted by molar-refractivity contribution is -0.384. The van der Waals surface area contributed by atoms with E-state index in [0.717, 1.165) is 0 Å². The Balaban J connectivity index is 2.76. The number of nitro benzene ring substituents is 1. The van der Waals surface area contributed by atoms with Crippen molar-refractivity contribution in [2.45, 2.75) is 39.3 Å². The minimum atomic E-state index is -4.73. The number of aromatic nitrogens is 2. The van der Waals surface area contributed by atoms with Gasteiger partial charge in [-0.05, 0) is 13.0 Å². The Bertz CT molecular complexity index is 808. The van der Waals surface area contributed by atoms with Crippen molar-refractivity contribution >= 4 is 17.3 Å². The lowest BCUT2D eigenvalue weighted by Gasteiger charge is -2.14. The zero-order chi connectivity index (χ0) is 18.4. The molecule has 0 spiro atoms. The van der Waals surface area contributed by atoms with Crippen LogP contribution in [0, 0.1) is 17.0 Å². The van der Waals surface area contributed by atoms with Crippen molar-refractivity contribution < 1.29 is 18.1 Å². The summed E-state index contributed by atoms with van der Waals surface area (Å²) in [6.07, 6.45) is -3.18. The predicted octanol–water partition coefficient (Wildman–Crippen LogP) is 5.06. The summed E-state index contributed by atoms with van der Waals surface area (Å²) in [6.45, 7) is 7.32. The highest BCUT2D eigenvalue weighted by Gasteiger charge is 2.35. The maximum absolute atomic E-state index is 12.9. The van der Waals surface area contributed by atoms with Gasteiger partial charge in [0.25, 0.3) is 5.69 Å². The first-order valence-corrected chi connectivity index (χ1v) is 7.32. The number of hydrogen-bond acceptors (Lipinski definition) is 3. The molecule has 1 aromatic carbocycles. The Hall–Kier alpha value is -2.09. The first-order chi connectivity index (χ1) is 10.8. The molecule has 0 amide bonds. The molecular formula is C15H15ClF3N3O2. The van der Waals surface area contributed by atoms with Crippen LogP contribution in [0.1, 0.15) is 37.9 Å². The van der Waals surface area contributed by atoms with Gasteiger partial charge in [-0.2, -0.15) is 13.2 Å². The summed E-state index contributed by atoms with van der Waals surface area (Å²) in [5.74, 6) is 0.393. The van der Waals surface area contributed by atoms with Gasteiger partial charge in [0, 0.05) is 17.7 Å². The van der Waals surface area contributed by atoms with E-state index in [-0.39, 0.29) is 16.1 Å². The molecule has 0 radical (unpaired) electrons. The second kappa shape index (κ2) is 5.77. The van der Waals surface area contributed by atoms with Crippen molar-refractivity contribution in [1.29, 1.82) is 0 Å². The maximum Gasteiger partial charge on any atom is 0.416 e. The summed E-state index contributed by atoms with van der Waals surface area (Å²) in [6, 6.07) is 1.16. The van der Waals surface area contributed by atoms with Crippen LogP contribution in [0.2, 0.25) is 5.02 Å². The SMILES string of the molecule is Cc1nc(C(C)(C)C)cn1-c1c(Cl)cc(C(F)(F)F)cc1[N+](=O)[O-]. The summed E-state index contributed by atoms with van der Waals surface area (Å²) in [7, 11) is 0. The third kappa shape index (κ3) is 3.38. The van der Waals surface area contributed by atoms with Gasteiger partial charge >= 0.3 is 6.18 Å². The number of nitro groups is 1. The number of alkyl halides is 3. The fourth-order valence-electron chi connectivity index (χ4n) is 2.19. The number of nitrogens with zero attached hydrogens (tertiary/aromatic N) is 3. The third-order valence-corrected chi connectivity index (χ3v) is 3.75. The summed E-state index contributed by atoms with van der Waals surface area (Å²) in [5, 5.41) is 10.9. The monoisotopic (exact) mass is 361 g/mol. The highest BCUT2D eigenvalue weighted by molar-refractivity contribution is 6.33. The average Bonchev–Trinajstić information content (AvgIpc) is 2.78. The van der Waals surface area contributed by atoms with E-state index in [0.29, 0.717) is 23.7 Å². The topological polar surface area (TPSA) is 61.0 Å². The zero-order valence-electron chi connectivity index (χ0n) is 13.4. The Labute approximate surface area is 141 Å². The van der Waals surface area contributed by atoms with Crippen LogP contribution in [0.25, 0.3) is 5.69 Å². The number of aryl methyl sites for hydroxylation is 1. The number of rotatable bonds is 2. The summed E-state index contributed by atoms with van der Waals surface area (Å²) >= 11 is 5.96. The van der Waals surface area contributed by atoms with Gasteiger partial charge in [-0.1, -0.05) is 32.4 Å². The Kier molecular flexibility index (Phi) is 4.39. The molecule has 0 saturated carbocycles. The molecule has 0 aliphatic rings. The van der Waals surface area contributed by atoms with Crippen LogP contribution in [0.3, 0.4) is 0 Å². The smallest absolute Gasteiger partial charge is 0.296 e. The van der Waals surface area contributed by atoms with Gasteiger partial charge in [0.05, 0.1) is 21.2 Å². The van der Waals surface area contributed by atoms with E-state index < -0.39 is 22.4 Å². The van der Waals surface area contributed by atoms with Crippen molar-refractivity contribution in [3.63, 3.8) is 0 Å². The molecule has 9 heteroatoms. The molecule has 0 saturated heterocycles. The first kappa shape index (κ1) is 18.3. The predicted molar refractivity (Wildman–Crippen MR) is 83.7 cm³/mol. The number of hydrogen-bond donors (Lipinski definition) is 0. The van der Waals surface area contributed by atoms with Crippen molar-refractivity contribution in [3.05, 3.63) is 50.5 Å². The minimum absolute atomic E-state index is 0.129. The van der Waals surface area contributed by atoms with Crippen LogP contribution >= 0.6 is 11.6 Å². The van der Waals surface area contributed by atoms with Crippen LogP contribution < -0.4 is 0 Å². The fourth-order valence-corrected chi connectivity index (χ4v) is 2.49. The van der Waals surface area contributed by atoms with E-state index in [2.05, 4.69) is 4.98 Å². The van der Waals surface area contributed by atoms with Gasteiger partial charge in [0.15, 0.2) is 0 Å². The lowest BCUT2D eigenvalue weighted by atomic mass is 9.93. The molecule has 1 aromatic heterocycles. The van der Waals surface area contributed by atoms with E-state index in [4.69, 9.17) is 11.6 Å². The number of benzene rings is 1. The molecule has 5 nitrogen and oxygen atoms in total. The van der Waals surface area contributed by atoms with Crippen LogP contribution in [-0.2, 0) is 11.6 Å². The summed E-state index contributed by atoms with van der Waals surface area (Å²) < 4.78 is 40.0. The number of imidazole rings is 1. The molecule has 0 fully saturated rings. The molecule has 1 heterocycles. The van der Waals surface area contributed by atoms with Crippen molar-refractivity contribution in [3.8, 4) is 5.69 Å². The van der Waals surface area contributed by atoms with Crippen LogP contribution in [0.4, 0.5) is 18.9 Å². The molecule has 130 valence electrons. The van der Waals surface area contributed by atoms with Gasteiger partial charge < -0.3 is 0 Å². The molecule has 0 N–H and O–H groups in total. The average molecular weight is 362 g/mol. The largest absolute Gasteiger partial charge is 0.416 e. The van der Waals surface area contributed by atoms with E-state index in [1.807, 2.05) is 20.8 Å². The standard InChI is InChI=1S/C15H15ClF3N3O2/c1-8-20-12(14(2,3)4)7-21(8)13-10(16)5-9(15(17,18)19)6-11(13)22(23)24/h5-7H,1-4H3. The molecule has 0 aliphatic carbocycles. The van der Waals surface area contributed by atoms with E-state index in [1.165, 1.54) is 4.57 Å². The van der Waals surface area contributed by atoms with Crippen molar-refractivity contribution in [1.82, 2.24) is 9.55 Å². The first-order valence-electron chi connectivity index (χ1n) is 6.94. The second-order valence-corrected chi connectivity index (χ2v) is 6.78. The maximum atomic E-state index is 12.9. The summed E-state index contributed by atoms with van der Waals surface area (Å²) in [5.41, 5.74) is -1.71. The minimum Gasteiger partial charge on any atom is -0.296 e. The highest BCUT2D eigenvalue weighted by Crippen LogP contribution is 2.39. The Morgan fingerprint density at radius 2 is 1.83 bits per heavy atom. The zero-order valence-corrected chi connectivity index (χ0v) is 14.2. The van der Waals surface area contributed by atoms with Crippen LogP contribution in [0.5, 0.6) is 0 Å². The van der Waals surface area contributed by atoms with Crippen LogP contribution in [-0.4, -0.2) is 14.5 Å². The van der Waals surface area contributed by atoms with Crippen molar-refractivity contribution in [2.75, 3.05) is 0 Å². The normalized spacial score (nSPS) is 12.5. The van der Waals surface area contributed by atoms with E-state index >= 15 is 0 Å². The second-order valence-electron chi connectivity index (χ2n) is 6.37.